The first-order valence-electron chi connectivity index (χ1n) is 6.90. The second-order valence-corrected chi connectivity index (χ2v) is 5.99. The molecule has 2 rings (SSSR count). The van der Waals surface area contributed by atoms with Crippen molar-refractivity contribution >= 4 is 23.6 Å². The summed E-state index contributed by atoms with van der Waals surface area (Å²) in [6, 6.07) is 7.08. The first kappa shape index (κ1) is 15.6. The van der Waals surface area contributed by atoms with Crippen LogP contribution in [0.5, 0.6) is 0 Å². The fourth-order valence-corrected chi connectivity index (χ4v) is 2.71. The van der Waals surface area contributed by atoms with Crippen LogP contribution in [-0.2, 0) is 11.3 Å². The minimum absolute atomic E-state index is 0.0291. The summed E-state index contributed by atoms with van der Waals surface area (Å²) < 4.78 is 0. The molecular formula is C15H19ClN2O3. The van der Waals surface area contributed by atoms with Crippen molar-refractivity contribution in [2.45, 2.75) is 37.8 Å². The van der Waals surface area contributed by atoms with Gasteiger partial charge in [0.25, 0.3) is 0 Å². The third-order valence-corrected chi connectivity index (χ3v) is 4.25. The number of hydrogen-bond acceptors (Lipinski definition) is 2. The number of halogens is 1. The Bertz CT molecular complexity index is 543. The van der Waals surface area contributed by atoms with Crippen molar-refractivity contribution in [1.82, 2.24) is 10.2 Å². The second kappa shape index (κ2) is 6.35. The summed E-state index contributed by atoms with van der Waals surface area (Å²) in [6.45, 7) is 0.384. The van der Waals surface area contributed by atoms with Gasteiger partial charge >= 0.3 is 12.0 Å². The second-order valence-electron chi connectivity index (χ2n) is 5.58. The van der Waals surface area contributed by atoms with Crippen LogP contribution in [0.2, 0.25) is 5.02 Å². The van der Waals surface area contributed by atoms with Gasteiger partial charge in [-0.3, -0.25) is 4.79 Å². The lowest BCUT2D eigenvalue weighted by molar-refractivity contribution is -0.139. The highest BCUT2D eigenvalue weighted by molar-refractivity contribution is 6.31. The van der Waals surface area contributed by atoms with Crippen molar-refractivity contribution in [3.8, 4) is 0 Å². The molecular weight excluding hydrogens is 292 g/mol. The highest BCUT2D eigenvalue weighted by Gasteiger charge is 2.40. The van der Waals surface area contributed by atoms with E-state index in [9.17, 15) is 9.59 Å². The van der Waals surface area contributed by atoms with Gasteiger partial charge in [0, 0.05) is 18.6 Å². The molecule has 0 bridgehead atoms. The highest BCUT2D eigenvalue weighted by atomic mass is 35.5. The molecule has 1 aromatic rings. The van der Waals surface area contributed by atoms with Crippen LogP contribution in [0, 0.1) is 0 Å². The van der Waals surface area contributed by atoms with Crippen LogP contribution in [0.25, 0.3) is 0 Å². The zero-order valence-corrected chi connectivity index (χ0v) is 12.7. The van der Waals surface area contributed by atoms with E-state index in [4.69, 9.17) is 16.7 Å². The lowest BCUT2D eigenvalue weighted by Gasteiger charge is -2.42. The topological polar surface area (TPSA) is 69.6 Å². The standard InChI is InChI=1S/C15H19ClN2O3/c1-18(10-11-5-2-3-6-12(11)16)14(21)17-15(7-4-8-15)9-13(19)20/h2-3,5-6H,4,7-10H2,1H3,(H,17,21)(H,19,20). The van der Waals surface area contributed by atoms with Gasteiger partial charge in [0.2, 0.25) is 0 Å². The van der Waals surface area contributed by atoms with E-state index in [0.717, 1.165) is 12.0 Å². The number of rotatable bonds is 5. The number of nitrogens with one attached hydrogen (secondary N) is 1. The number of carbonyl (C=O) groups is 2. The van der Waals surface area contributed by atoms with E-state index in [1.54, 1.807) is 13.1 Å². The van der Waals surface area contributed by atoms with E-state index >= 15 is 0 Å². The van der Waals surface area contributed by atoms with Crippen LogP contribution in [0.15, 0.2) is 24.3 Å². The average Bonchev–Trinajstić information content (AvgIpc) is 2.38. The predicted octanol–water partition coefficient (Wildman–Crippen LogP) is 2.88. The van der Waals surface area contributed by atoms with Crippen LogP contribution in [0.4, 0.5) is 4.79 Å². The minimum atomic E-state index is -0.885. The van der Waals surface area contributed by atoms with Crippen LogP contribution < -0.4 is 5.32 Å². The summed E-state index contributed by atoms with van der Waals surface area (Å²) >= 11 is 6.08. The Morgan fingerprint density at radius 3 is 2.57 bits per heavy atom. The Hall–Kier alpha value is -1.75. The van der Waals surface area contributed by atoms with E-state index in [1.807, 2.05) is 18.2 Å². The molecule has 6 heteroatoms. The van der Waals surface area contributed by atoms with E-state index < -0.39 is 11.5 Å². The number of carboxylic acids is 1. The van der Waals surface area contributed by atoms with Crippen LogP contribution in [0.3, 0.4) is 0 Å². The molecule has 5 nitrogen and oxygen atoms in total. The highest BCUT2D eigenvalue weighted by Crippen LogP contribution is 2.35. The molecule has 21 heavy (non-hydrogen) atoms. The molecule has 0 heterocycles. The zero-order chi connectivity index (χ0) is 15.5. The first-order valence-corrected chi connectivity index (χ1v) is 7.28. The Morgan fingerprint density at radius 1 is 1.38 bits per heavy atom. The summed E-state index contributed by atoms with van der Waals surface area (Å²) in [5, 5.41) is 12.4. The van der Waals surface area contributed by atoms with Gasteiger partial charge < -0.3 is 15.3 Å². The molecule has 1 saturated carbocycles. The SMILES string of the molecule is CN(Cc1ccccc1Cl)C(=O)NC1(CC(=O)O)CCC1. The molecule has 0 radical (unpaired) electrons. The van der Waals surface area contributed by atoms with Gasteiger partial charge in [-0.1, -0.05) is 29.8 Å². The zero-order valence-electron chi connectivity index (χ0n) is 11.9. The molecule has 0 aliphatic heterocycles. The van der Waals surface area contributed by atoms with E-state index in [0.29, 0.717) is 24.4 Å². The van der Waals surface area contributed by atoms with Crippen molar-refractivity contribution in [2.24, 2.45) is 0 Å². The van der Waals surface area contributed by atoms with Crippen molar-refractivity contribution < 1.29 is 14.7 Å². The van der Waals surface area contributed by atoms with E-state index in [2.05, 4.69) is 5.32 Å². The van der Waals surface area contributed by atoms with Gasteiger partial charge in [0.15, 0.2) is 0 Å². The predicted molar refractivity (Wildman–Crippen MR) is 80.3 cm³/mol. The van der Waals surface area contributed by atoms with Crippen molar-refractivity contribution in [1.29, 1.82) is 0 Å². The maximum absolute atomic E-state index is 12.2. The third-order valence-electron chi connectivity index (χ3n) is 3.88. The molecule has 0 spiro atoms. The number of aliphatic carboxylic acids is 1. The fourth-order valence-electron chi connectivity index (χ4n) is 2.52. The largest absolute Gasteiger partial charge is 0.481 e. The fraction of sp³-hybridized carbons (Fsp3) is 0.467. The Kier molecular flexibility index (Phi) is 4.73. The quantitative estimate of drug-likeness (QED) is 0.878. The monoisotopic (exact) mass is 310 g/mol. The molecule has 0 unspecified atom stereocenters. The Labute approximate surface area is 128 Å². The molecule has 2 N–H and O–H groups in total. The summed E-state index contributed by atoms with van der Waals surface area (Å²) in [4.78, 5) is 24.7. The van der Waals surface area contributed by atoms with E-state index in [-0.39, 0.29) is 12.5 Å². The number of carbonyl (C=O) groups excluding carboxylic acids is 1. The maximum atomic E-state index is 12.2. The number of nitrogens with zero attached hydrogens (tertiary/aromatic N) is 1. The molecule has 1 aliphatic rings. The Morgan fingerprint density at radius 2 is 2.05 bits per heavy atom. The lowest BCUT2D eigenvalue weighted by atomic mass is 9.74. The minimum Gasteiger partial charge on any atom is -0.481 e. The van der Waals surface area contributed by atoms with Gasteiger partial charge in [-0.15, -0.1) is 0 Å². The number of benzene rings is 1. The molecule has 1 aliphatic carbocycles. The van der Waals surface area contributed by atoms with Crippen LogP contribution in [-0.4, -0.2) is 34.6 Å². The molecule has 0 atom stereocenters. The molecule has 0 saturated heterocycles. The summed E-state index contributed by atoms with van der Waals surface area (Å²) in [7, 11) is 1.67. The molecule has 2 amide bonds. The lowest BCUT2D eigenvalue weighted by Crippen LogP contribution is -2.57. The molecule has 0 aromatic heterocycles. The van der Waals surface area contributed by atoms with Gasteiger partial charge in [0.1, 0.15) is 0 Å². The van der Waals surface area contributed by atoms with E-state index in [1.165, 1.54) is 4.90 Å². The molecule has 1 aromatic carbocycles. The summed E-state index contributed by atoms with van der Waals surface area (Å²) in [6.07, 6.45) is 2.34. The molecule has 114 valence electrons. The number of hydrogen-bond donors (Lipinski definition) is 2. The van der Waals surface area contributed by atoms with Crippen molar-refractivity contribution in [3.05, 3.63) is 34.9 Å². The number of amides is 2. The first-order chi connectivity index (χ1) is 9.92. The van der Waals surface area contributed by atoms with Crippen molar-refractivity contribution in [3.63, 3.8) is 0 Å². The smallest absolute Gasteiger partial charge is 0.317 e. The summed E-state index contributed by atoms with van der Waals surface area (Å²) in [5.74, 6) is -0.885. The van der Waals surface area contributed by atoms with Gasteiger partial charge in [-0.2, -0.15) is 0 Å². The maximum Gasteiger partial charge on any atom is 0.317 e. The van der Waals surface area contributed by atoms with Gasteiger partial charge in [-0.05, 0) is 30.9 Å². The van der Waals surface area contributed by atoms with Gasteiger partial charge in [-0.25, -0.2) is 4.79 Å². The number of urea groups is 1. The van der Waals surface area contributed by atoms with Crippen molar-refractivity contribution in [2.75, 3.05) is 7.05 Å². The average molecular weight is 311 g/mol. The van der Waals surface area contributed by atoms with Gasteiger partial charge in [0.05, 0.1) is 12.0 Å². The van der Waals surface area contributed by atoms with Crippen LogP contribution >= 0.6 is 11.6 Å². The summed E-state index contributed by atoms with van der Waals surface area (Å²) in [5.41, 5.74) is 0.273. The van der Waals surface area contributed by atoms with Crippen LogP contribution in [0.1, 0.15) is 31.2 Å². The third kappa shape index (κ3) is 3.88. The Balaban J connectivity index is 1.96. The number of carboxylic acid groups (broad SMARTS) is 1. The normalized spacial score (nSPS) is 15.9. The molecule has 1 fully saturated rings.